The Morgan fingerprint density at radius 1 is 1.11 bits per heavy atom. The smallest absolute Gasteiger partial charge is 0.340 e. The number of esters is 1. The molecule has 138 valence electrons. The van der Waals surface area contributed by atoms with Gasteiger partial charge in [-0.05, 0) is 44.2 Å². The van der Waals surface area contributed by atoms with Gasteiger partial charge in [-0.25, -0.2) is 4.79 Å². The lowest BCUT2D eigenvalue weighted by molar-refractivity contribution is -0.119. The lowest BCUT2D eigenvalue weighted by Gasteiger charge is -2.10. The third-order valence-corrected chi connectivity index (χ3v) is 5.01. The first-order valence-corrected chi connectivity index (χ1v) is 9.18. The van der Waals surface area contributed by atoms with E-state index in [0.717, 1.165) is 35.0 Å². The zero-order valence-electron chi connectivity index (χ0n) is 15.5. The number of nitrogens with one attached hydrogen (secondary N) is 1. The highest BCUT2D eigenvalue weighted by molar-refractivity contribution is 6.03. The first-order chi connectivity index (χ1) is 13.0. The molecule has 0 aliphatic heterocycles. The zero-order chi connectivity index (χ0) is 19.0. The Labute approximate surface area is 157 Å². The number of benzene rings is 2. The van der Waals surface area contributed by atoms with Crippen LogP contribution in [0, 0.1) is 13.8 Å². The van der Waals surface area contributed by atoms with Crippen molar-refractivity contribution in [1.82, 2.24) is 4.57 Å². The number of amides is 1. The predicted molar refractivity (Wildman–Crippen MR) is 105 cm³/mol. The number of aryl methyl sites for hydroxylation is 1. The molecule has 1 aromatic heterocycles. The molecule has 1 heterocycles. The standard InChI is InChI=1S/C22H22N2O3/c1-14-12-19(15(2)24(14)17-10-11-17)22(26)27-13-21(25)23-20-9-5-7-16-6-3-4-8-18(16)20/h3-9,12,17H,10-11,13H2,1-2H3,(H,23,25). The van der Waals surface area contributed by atoms with Gasteiger partial charge >= 0.3 is 5.97 Å². The number of carbonyl (C=O) groups excluding carboxylic acids is 2. The summed E-state index contributed by atoms with van der Waals surface area (Å²) in [5.41, 5.74) is 3.22. The molecular formula is C22H22N2O3. The third-order valence-electron chi connectivity index (χ3n) is 5.01. The number of hydrogen-bond donors (Lipinski definition) is 1. The van der Waals surface area contributed by atoms with Crippen molar-refractivity contribution in [1.29, 1.82) is 0 Å². The van der Waals surface area contributed by atoms with Crippen LogP contribution in [0.2, 0.25) is 0 Å². The quantitative estimate of drug-likeness (QED) is 0.685. The summed E-state index contributed by atoms with van der Waals surface area (Å²) in [7, 11) is 0. The molecule has 27 heavy (non-hydrogen) atoms. The van der Waals surface area contributed by atoms with Crippen LogP contribution < -0.4 is 5.32 Å². The lowest BCUT2D eigenvalue weighted by atomic mass is 10.1. The van der Waals surface area contributed by atoms with E-state index in [9.17, 15) is 9.59 Å². The van der Waals surface area contributed by atoms with Crippen LogP contribution in [0.25, 0.3) is 10.8 Å². The van der Waals surface area contributed by atoms with Gasteiger partial charge in [0.05, 0.1) is 5.56 Å². The summed E-state index contributed by atoms with van der Waals surface area (Å²) in [5.74, 6) is -0.807. The molecule has 1 saturated carbocycles. The van der Waals surface area contributed by atoms with Gasteiger partial charge < -0.3 is 14.6 Å². The minimum absolute atomic E-state index is 0.310. The Kier molecular flexibility index (Phi) is 4.44. The zero-order valence-corrected chi connectivity index (χ0v) is 15.5. The highest BCUT2D eigenvalue weighted by atomic mass is 16.5. The van der Waals surface area contributed by atoms with Crippen molar-refractivity contribution < 1.29 is 14.3 Å². The van der Waals surface area contributed by atoms with Crippen molar-refractivity contribution in [3.8, 4) is 0 Å². The van der Waals surface area contributed by atoms with Crippen LogP contribution in [-0.2, 0) is 9.53 Å². The van der Waals surface area contributed by atoms with E-state index in [1.807, 2.05) is 62.4 Å². The lowest BCUT2D eigenvalue weighted by Crippen LogP contribution is -2.21. The van der Waals surface area contributed by atoms with Crippen LogP contribution in [0.4, 0.5) is 5.69 Å². The summed E-state index contributed by atoms with van der Waals surface area (Å²) in [4.78, 5) is 24.7. The summed E-state index contributed by atoms with van der Waals surface area (Å²) in [6, 6.07) is 15.9. The average Bonchev–Trinajstić information content (AvgIpc) is 3.45. The molecule has 5 nitrogen and oxygen atoms in total. The van der Waals surface area contributed by atoms with Crippen molar-refractivity contribution in [2.24, 2.45) is 0 Å². The molecule has 2 aromatic carbocycles. The minimum atomic E-state index is -0.455. The molecule has 5 heteroatoms. The number of nitrogens with zero attached hydrogens (tertiary/aromatic N) is 1. The van der Waals surface area contributed by atoms with Gasteiger partial charge in [0.2, 0.25) is 0 Å². The third kappa shape index (κ3) is 3.45. The Morgan fingerprint density at radius 3 is 2.63 bits per heavy atom. The van der Waals surface area contributed by atoms with Crippen LogP contribution in [0.5, 0.6) is 0 Å². The van der Waals surface area contributed by atoms with E-state index < -0.39 is 5.97 Å². The molecule has 0 unspecified atom stereocenters. The van der Waals surface area contributed by atoms with Crippen LogP contribution in [0.1, 0.15) is 40.6 Å². The molecule has 0 spiro atoms. The van der Waals surface area contributed by atoms with Gasteiger partial charge in [-0.3, -0.25) is 4.79 Å². The van der Waals surface area contributed by atoms with E-state index in [1.165, 1.54) is 0 Å². The van der Waals surface area contributed by atoms with Crippen molar-refractivity contribution in [3.05, 3.63) is 65.5 Å². The second kappa shape index (κ2) is 6.91. The van der Waals surface area contributed by atoms with Crippen molar-refractivity contribution >= 4 is 28.3 Å². The Hall–Kier alpha value is -3.08. The molecule has 1 aliphatic carbocycles. The topological polar surface area (TPSA) is 60.3 Å². The van der Waals surface area contributed by atoms with Crippen LogP contribution in [0.3, 0.4) is 0 Å². The fourth-order valence-electron chi connectivity index (χ4n) is 3.61. The summed E-state index contributed by atoms with van der Waals surface area (Å²) < 4.78 is 7.45. The van der Waals surface area contributed by atoms with E-state index in [2.05, 4.69) is 9.88 Å². The number of fused-ring (bicyclic) bond motifs is 1. The molecule has 1 N–H and O–H groups in total. The van der Waals surface area contributed by atoms with E-state index in [-0.39, 0.29) is 12.5 Å². The van der Waals surface area contributed by atoms with Crippen LogP contribution in [0.15, 0.2) is 48.5 Å². The molecular weight excluding hydrogens is 340 g/mol. The van der Waals surface area contributed by atoms with E-state index >= 15 is 0 Å². The molecule has 1 aliphatic rings. The van der Waals surface area contributed by atoms with Crippen LogP contribution >= 0.6 is 0 Å². The van der Waals surface area contributed by atoms with E-state index in [1.54, 1.807) is 0 Å². The predicted octanol–water partition coefficient (Wildman–Crippen LogP) is 4.39. The molecule has 0 radical (unpaired) electrons. The number of carbonyl (C=O) groups is 2. The van der Waals surface area contributed by atoms with Gasteiger partial charge in [0, 0.05) is 28.5 Å². The maximum atomic E-state index is 12.4. The van der Waals surface area contributed by atoms with Gasteiger partial charge in [0.25, 0.3) is 5.91 Å². The van der Waals surface area contributed by atoms with Gasteiger partial charge in [-0.1, -0.05) is 36.4 Å². The largest absolute Gasteiger partial charge is 0.452 e. The fraction of sp³-hybridized carbons (Fsp3) is 0.273. The number of ether oxygens (including phenoxy) is 1. The van der Waals surface area contributed by atoms with Crippen molar-refractivity contribution in [2.45, 2.75) is 32.7 Å². The maximum absolute atomic E-state index is 12.4. The molecule has 1 amide bonds. The Bertz CT molecular complexity index is 1030. The molecule has 0 bridgehead atoms. The van der Waals surface area contributed by atoms with E-state index in [4.69, 9.17) is 4.74 Å². The molecule has 0 atom stereocenters. The summed E-state index contributed by atoms with van der Waals surface area (Å²) in [6.07, 6.45) is 2.30. The van der Waals surface area contributed by atoms with Gasteiger partial charge in [-0.2, -0.15) is 0 Å². The second-order valence-electron chi connectivity index (χ2n) is 7.04. The number of rotatable bonds is 5. The summed E-state index contributed by atoms with van der Waals surface area (Å²) >= 11 is 0. The summed E-state index contributed by atoms with van der Waals surface area (Å²) in [5, 5.41) is 4.82. The minimum Gasteiger partial charge on any atom is -0.452 e. The first-order valence-electron chi connectivity index (χ1n) is 9.18. The highest BCUT2D eigenvalue weighted by Gasteiger charge is 2.28. The molecule has 4 rings (SSSR count). The summed E-state index contributed by atoms with van der Waals surface area (Å²) in [6.45, 7) is 3.61. The molecule has 3 aromatic rings. The normalized spacial score (nSPS) is 13.6. The number of hydrogen-bond acceptors (Lipinski definition) is 3. The van der Waals surface area contributed by atoms with Crippen molar-refractivity contribution in [3.63, 3.8) is 0 Å². The fourth-order valence-corrected chi connectivity index (χ4v) is 3.61. The maximum Gasteiger partial charge on any atom is 0.340 e. The average molecular weight is 362 g/mol. The SMILES string of the molecule is Cc1cc(C(=O)OCC(=O)Nc2cccc3ccccc23)c(C)n1C1CC1. The van der Waals surface area contributed by atoms with Gasteiger partial charge in [-0.15, -0.1) is 0 Å². The van der Waals surface area contributed by atoms with Crippen molar-refractivity contribution in [2.75, 3.05) is 11.9 Å². The Morgan fingerprint density at radius 2 is 1.85 bits per heavy atom. The monoisotopic (exact) mass is 362 g/mol. The number of anilines is 1. The van der Waals surface area contributed by atoms with Gasteiger partial charge in [0.15, 0.2) is 6.61 Å². The highest BCUT2D eigenvalue weighted by Crippen LogP contribution is 2.38. The van der Waals surface area contributed by atoms with E-state index in [0.29, 0.717) is 17.3 Å². The first kappa shape index (κ1) is 17.3. The van der Waals surface area contributed by atoms with Crippen LogP contribution in [-0.4, -0.2) is 23.1 Å². The van der Waals surface area contributed by atoms with Gasteiger partial charge in [0.1, 0.15) is 0 Å². The second-order valence-corrected chi connectivity index (χ2v) is 7.04. The molecule has 0 saturated heterocycles. The number of aromatic nitrogens is 1. The molecule has 1 fully saturated rings. The Balaban J connectivity index is 1.42.